The maximum absolute atomic E-state index is 12.2. The number of nitrogens with zero attached hydrogens (tertiary/aromatic N) is 1. The molecule has 1 aliphatic carbocycles. The number of nitrogens with one attached hydrogen (secondary N) is 2. The van der Waals surface area contributed by atoms with Gasteiger partial charge in [-0.05, 0) is 39.5 Å². The van der Waals surface area contributed by atoms with Gasteiger partial charge in [-0.15, -0.1) is 0 Å². The number of nitrogens with two attached hydrogens (primary N) is 1. The Labute approximate surface area is 130 Å². The van der Waals surface area contributed by atoms with Gasteiger partial charge < -0.3 is 16.4 Å². The molecule has 118 valence electrons. The van der Waals surface area contributed by atoms with Gasteiger partial charge >= 0.3 is 0 Å². The van der Waals surface area contributed by atoms with E-state index in [0.717, 1.165) is 6.54 Å². The first-order valence-corrected chi connectivity index (χ1v) is 8.49. The molecule has 1 amide bonds. The number of thiazole rings is 1. The molecule has 0 radical (unpaired) electrons. The minimum atomic E-state index is -0.0995. The number of anilines is 2. The lowest BCUT2D eigenvalue weighted by atomic mass is 9.89. The molecule has 1 aliphatic rings. The Morgan fingerprint density at radius 2 is 2.00 bits per heavy atom. The summed E-state index contributed by atoms with van der Waals surface area (Å²) in [5.74, 6) is 0.828. The van der Waals surface area contributed by atoms with Crippen LogP contribution >= 0.6 is 11.3 Å². The summed E-state index contributed by atoms with van der Waals surface area (Å²) < 4.78 is 0. The van der Waals surface area contributed by atoms with Crippen molar-refractivity contribution in [1.82, 2.24) is 10.3 Å². The lowest BCUT2D eigenvalue weighted by molar-refractivity contribution is 0.0948. The van der Waals surface area contributed by atoms with E-state index in [4.69, 9.17) is 5.73 Å². The molecule has 0 saturated heterocycles. The van der Waals surface area contributed by atoms with Gasteiger partial charge in [-0.25, -0.2) is 4.98 Å². The molecule has 1 saturated carbocycles. The van der Waals surface area contributed by atoms with E-state index in [0.29, 0.717) is 21.7 Å². The van der Waals surface area contributed by atoms with Crippen molar-refractivity contribution < 1.29 is 4.79 Å². The Balaban J connectivity index is 1.92. The number of carbonyl (C=O) groups excluding carboxylic acids is 1. The van der Waals surface area contributed by atoms with Crippen molar-refractivity contribution in [2.24, 2.45) is 5.92 Å². The Morgan fingerprint density at radius 3 is 2.62 bits per heavy atom. The molecule has 5 nitrogen and oxygen atoms in total. The third-order valence-electron chi connectivity index (χ3n) is 3.62. The minimum absolute atomic E-state index is 0.0971. The lowest BCUT2D eigenvalue weighted by Gasteiger charge is -2.21. The lowest BCUT2D eigenvalue weighted by Crippen LogP contribution is -2.30. The van der Waals surface area contributed by atoms with Crippen molar-refractivity contribution in [1.29, 1.82) is 0 Å². The molecule has 1 fully saturated rings. The Kier molecular flexibility index (Phi) is 5.08. The summed E-state index contributed by atoms with van der Waals surface area (Å²) >= 11 is 1.32. The van der Waals surface area contributed by atoms with Crippen LogP contribution in [0.3, 0.4) is 0 Å². The van der Waals surface area contributed by atoms with Gasteiger partial charge in [-0.2, -0.15) is 0 Å². The van der Waals surface area contributed by atoms with Crippen LogP contribution in [-0.2, 0) is 0 Å². The van der Waals surface area contributed by atoms with E-state index in [1.165, 1.54) is 43.4 Å². The molecule has 1 aromatic rings. The summed E-state index contributed by atoms with van der Waals surface area (Å²) in [7, 11) is 0. The number of hydrogen-bond acceptors (Lipinski definition) is 5. The Morgan fingerprint density at radius 1 is 1.33 bits per heavy atom. The first-order valence-electron chi connectivity index (χ1n) is 7.68. The Hall–Kier alpha value is -1.30. The predicted octanol–water partition coefficient (Wildman–Crippen LogP) is 3.25. The number of carbonyl (C=O) groups is 1. The highest BCUT2D eigenvalue weighted by Gasteiger charge is 2.20. The maximum atomic E-state index is 12.2. The van der Waals surface area contributed by atoms with Crippen molar-refractivity contribution in [3.8, 4) is 0 Å². The molecule has 0 atom stereocenters. The SMILES string of the molecule is CC(C)(C)Nc1nc(N)c(C(=O)NCC2CCCCC2)s1. The fourth-order valence-electron chi connectivity index (χ4n) is 2.58. The third-order valence-corrected chi connectivity index (χ3v) is 4.60. The normalized spacial score (nSPS) is 16.7. The fourth-order valence-corrected chi connectivity index (χ4v) is 3.59. The zero-order valence-electron chi connectivity index (χ0n) is 13.2. The van der Waals surface area contributed by atoms with E-state index >= 15 is 0 Å². The van der Waals surface area contributed by atoms with Crippen LogP contribution in [0.5, 0.6) is 0 Å². The maximum Gasteiger partial charge on any atom is 0.265 e. The quantitative estimate of drug-likeness (QED) is 0.797. The van der Waals surface area contributed by atoms with E-state index in [1.807, 2.05) is 20.8 Å². The second-order valence-corrected chi connectivity index (χ2v) is 7.82. The van der Waals surface area contributed by atoms with E-state index in [2.05, 4.69) is 15.6 Å². The summed E-state index contributed by atoms with van der Waals surface area (Å²) in [6.07, 6.45) is 6.32. The topological polar surface area (TPSA) is 80.0 Å². The molecular formula is C15H26N4OS. The third kappa shape index (κ3) is 4.88. The highest BCUT2D eigenvalue weighted by molar-refractivity contribution is 7.18. The van der Waals surface area contributed by atoms with Gasteiger partial charge in [0.05, 0.1) is 0 Å². The van der Waals surface area contributed by atoms with Crippen molar-refractivity contribution >= 4 is 28.2 Å². The molecule has 1 heterocycles. The summed E-state index contributed by atoms with van der Waals surface area (Å²) in [5.41, 5.74) is 5.77. The largest absolute Gasteiger partial charge is 0.382 e. The second kappa shape index (κ2) is 6.64. The average molecular weight is 310 g/mol. The highest BCUT2D eigenvalue weighted by atomic mass is 32.1. The number of aromatic nitrogens is 1. The van der Waals surface area contributed by atoms with Crippen molar-refractivity contribution in [3.05, 3.63) is 4.88 Å². The van der Waals surface area contributed by atoms with Gasteiger partial charge in [-0.1, -0.05) is 30.6 Å². The zero-order chi connectivity index (χ0) is 15.5. The summed E-state index contributed by atoms with van der Waals surface area (Å²) in [4.78, 5) is 17.0. The van der Waals surface area contributed by atoms with E-state index in [-0.39, 0.29) is 11.4 Å². The van der Waals surface area contributed by atoms with Gasteiger partial charge in [0.15, 0.2) is 5.13 Å². The fraction of sp³-hybridized carbons (Fsp3) is 0.733. The van der Waals surface area contributed by atoms with Crippen molar-refractivity contribution in [2.75, 3.05) is 17.6 Å². The van der Waals surface area contributed by atoms with Gasteiger partial charge in [0, 0.05) is 12.1 Å². The molecule has 0 aromatic carbocycles. The van der Waals surface area contributed by atoms with Gasteiger partial charge in [0.2, 0.25) is 0 Å². The first-order chi connectivity index (χ1) is 9.85. The molecule has 0 bridgehead atoms. The highest BCUT2D eigenvalue weighted by Crippen LogP contribution is 2.27. The average Bonchev–Trinajstić information content (AvgIpc) is 2.76. The minimum Gasteiger partial charge on any atom is -0.382 e. The molecule has 6 heteroatoms. The summed E-state index contributed by atoms with van der Waals surface area (Å²) in [6, 6.07) is 0. The summed E-state index contributed by atoms with van der Waals surface area (Å²) in [5, 5.41) is 6.96. The summed E-state index contributed by atoms with van der Waals surface area (Å²) in [6.45, 7) is 6.90. The van der Waals surface area contributed by atoms with Crippen LogP contribution in [-0.4, -0.2) is 23.0 Å². The Bertz CT molecular complexity index is 486. The molecule has 4 N–H and O–H groups in total. The van der Waals surface area contributed by atoms with E-state index in [1.54, 1.807) is 0 Å². The smallest absolute Gasteiger partial charge is 0.265 e. The van der Waals surface area contributed by atoms with Crippen LogP contribution in [0, 0.1) is 5.92 Å². The molecule has 0 aliphatic heterocycles. The van der Waals surface area contributed by atoms with Gasteiger partial charge in [-0.3, -0.25) is 4.79 Å². The standard InChI is InChI=1S/C15H26N4OS/c1-15(2,3)19-14-18-12(16)11(21-14)13(20)17-9-10-7-5-4-6-8-10/h10H,4-9,16H2,1-3H3,(H,17,20)(H,18,19). The number of nitrogen functional groups attached to an aromatic ring is 1. The van der Waals surface area contributed by atoms with Crippen LogP contribution in [0.2, 0.25) is 0 Å². The van der Waals surface area contributed by atoms with Crippen molar-refractivity contribution in [2.45, 2.75) is 58.4 Å². The molecular weight excluding hydrogens is 284 g/mol. The van der Waals surface area contributed by atoms with Crippen LogP contribution in [0.4, 0.5) is 10.9 Å². The number of hydrogen-bond donors (Lipinski definition) is 3. The number of rotatable bonds is 4. The van der Waals surface area contributed by atoms with Crippen molar-refractivity contribution in [3.63, 3.8) is 0 Å². The van der Waals surface area contributed by atoms with Crippen LogP contribution < -0.4 is 16.4 Å². The molecule has 1 aromatic heterocycles. The zero-order valence-corrected chi connectivity index (χ0v) is 14.0. The first kappa shape index (κ1) is 16.1. The van der Waals surface area contributed by atoms with Crippen LogP contribution in [0.1, 0.15) is 62.5 Å². The molecule has 0 spiro atoms. The molecule has 21 heavy (non-hydrogen) atoms. The van der Waals surface area contributed by atoms with Gasteiger partial charge in [0.1, 0.15) is 10.7 Å². The predicted molar refractivity (Wildman–Crippen MR) is 88.8 cm³/mol. The van der Waals surface area contributed by atoms with Gasteiger partial charge in [0.25, 0.3) is 5.91 Å². The molecule has 2 rings (SSSR count). The monoisotopic (exact) mass is 310 g/mol. The second-order valence-electron chi connectivity index (χ2n) is 6.82. The number of amides is 1. The van der Waals surface area contributed by atoms with Crippen LogP contribution in [0.15, 0.2) is 0 Å². The van der Waals surface area contributed by atoms with Crippen LogP contribution in [0.25, 0.3) is 0 Å². The molecule has 0 unspecified atom stereocenters. The van der Waals surface area contributed by atoms with E-state index in [9.17, 15) is 4.79 Å². The van der Waals surface area contributed by atoms with E-state index < -0.39 is 0 Å².